The molecule has 2 atom stereocenters. The summed E-state index contributed by atoms with van der Waals surface area (Å²) in [4.78, 5) is 16.9. The number of carbonyl (C=O) groups excluding carboxylic acids is 1. The van der Waals surface area contributed by atoms with Gasteiger partial charge >= 0.3 is 0 Å². The molecule has 0 aliphatic carbocycles. The molecule has 0 radical (unpaired) electrons. The van der Waals surface area contributed by atoms with Gasteiger partial charge in [-0.2, -0.15) is 0 Å². The van der Waals surface area contributed by atoms with Gasteiger partial charge in [0.1, 0.15) is 0 Å². The smallest absolute Gasteiger partial charge is 0.224 e. The highest BCUT2D eigenvalue weighted by Gasteiger charge is 2.26. The number of hydrogen-bond acceptors (Lipinski definition) is 3. The molecule has 0 aromatic heterocycles. The number of amides is 1. The van der Waals surface area contributed by atoms with Crippen LogP contribution in [-0.4, -0.2) is 41.9 Å². The van der Waals surface area contributed by atoms with E-state index in [9.17, 15) is 4.79 Å². The minimum Gasteiger partial charge on any atom is -0.340 e. The lowest BCUT2D eigenvalue weighted by molar-refractivity contribution is -0.133. The summed E-state index contributed by atoms with van der Waals surface area (Å²) in [5, 5.41) is 0.798. The molecule has 1 fully saturated rings. The molecule has 1 amide bonds. The van der Waals surface area contributed by atoms with Gasteiger partial charge in [0, 0.05) is 49.7 Å². The number of hydrogen-bond donors (Lipinski definition) is 1. The van der Waals surface area contributed by atoms with E-state index in [2.05, 4.69) is 17.9 Å². The first-order valence-corrected chi connectivity index (χ1v) is 9.51. The van der Waals surface area contributed by atoms with Crippen molar-refractivity contribution in [2.45, 2.75) is 25.4 Å². The third-order valence-electron chi connectivity index (χ3n) is 5.19. The second kappa shape index (κ2) is 8.67. The third kappa shape index (κ3) is 4.44. The van der Waals surface area contributed by atoms with Crippen molar-refractivity contribution >= 4 is 17.5 Å². The highest BCUT2D eigenvalue weighted by Crippen LogP contribution is 2.28. The van der Waals surface area contributed by atoms with Gasteiger partial charge in [-0.15, -0.1) is 0 Å². The molecule has 1 aliphatic rings. The van der Waals surface area contributed by atoms with Crippen LogP contribution in [-0.2, 0) is 4.79 Å². The number of carbonyl (C=O) groups is 1. The first kappa shape index (κ1) is 18.9. The Morgan fingerprint density at radius 3 is 2.31 bits per heavy atom. The maximum absolute atomic E-state index is 12.6. The van der Waals surface area contributed by atoms with Gasteiger partial charge in [-0.1, -0.05) is 60.1 Å². The number of nitrogens with two attached hydrogens (primary N) is 1. The van der Waals surface area contributed by atoms with E-state index in [4.69, 9.17) is 17.3 Å². The van der Waals surface area contributed by atoms with Crippen LogP contribution >= 0.6 is 11.6 Å². The summed E-state index contributed by atoms with van der Waals surface area (Å²) in [7, 11) is 0. The van der Waals surface area contributed by atoms with Crippen LogP contribution in [0, 0.1) is 0 Å². The van der Waals surface area contributed by atoms with Crippen molar-refractivity contribution in [2.24, 2.45) is 5.73 Å². The quantitative estimate of drug-likeness (QED) is 0.873. The van der Waals surface area contributed by atoms with Gasteiger partial charge in [-0.05, 0) is 24.1 Å². The fraction of sp³-hybridized carbons (Fsp3) is 0.381. The summed E-state index contributed by atoms with van der Waals surface area (Å²) in [6.07, 6.45) is 0.351. The van der Waals surface area contributed by atoms with Crippen LogP contribution in [0.15, 0.2) is 54.6 Å². The van der Waals surface area contributed by atoms with E-state index in [0.717, 1.165) is 42.3 Å². The first-order valence-electron chi connectivity index (χ1n) is 9.13. The third-order valence-corrected chi connectivity index (χ3v) is 5.54. The van der Waals surface area contributed by atoms with Crippen molar-refractivity contribution in [3.05, 3.63) is 70.7 Å². The van der Waals surface area contributed by atoms with Crippen molar-refractivity contribution in [1.82, 2.24) is 9.80 Å². The molecule has 1 saturated heterocycles. The fourth-order valence-electron chi connectivity index (χ4n) is 3.50. The Hall–Kier alpha value is -1.88. The van der Waals surface area contributed by atoms with Gasteiger partial charge in [0.15, 0.2) is 0 Å². The molecule has 2 unspecified atom stereocenters. The number of nitrogens with zero attached hydrogens (tertiary/aromatic N) is 2. The molecule has 1 heterocycles. The summed E-state index contributed by atoms with van der Waals surface area (Å²) >= 11 is 6.33. The molecule has 3 rings (SSSR count). The fourth-order valence-corrected chi connectivity index (χ4v) is 3.80. The van der Waals surface area contributed by atoms with Crippen LogP contribution < -0.4 is 5.73 Å². The van der Waals surface area contributed by atoms with Crippen molar-refractivity contribution < 1.29 is 4.79 Å². The van der Waals surface area contributed by atoms with Crippen LogP contribution in [0.25, 0.3) is 0 Å². The summed E-state index contributed by atoms with van der Waals surface area (Å²) in [5.41, 5.74) is 8.34. The van der Waals surface area contributed by atoms with Crippen LogP contribution in [0.5, 0.6) is 0 Å². The van der Waals surface area contributed by atoms with Gasteiger partial charge < -0.3 is 10.6 Å². The highest BCUT2D eigenvalue weighted by atomic mass is 35.5. The minimum atomic E-state index is -0.247. The Labute approximate surface area is 160 Å². The molecule has 26 heavy (non-hydrogen) atoms. The van der Waals surface area contributed by atoms with Gasteiger partial charge in [0.25, 0.3) is 0 Å². The highest BCUT2D eigenvalue weighted by molar-refractivity contribution is 6.31. The number of piperazine rings is 1. The molecule has 0 spiro atoms. The molecular formula is C21H26ClN3O. The Morgan fingerprint density at radius 2 is 1.65 bits per heavy atom. The van der Waals surface area contributed by atoms with Gasteiger partial charge in [-0.25, -0.2) is 0 Å². The first-order chi connectivity index (χ1) is 12.6. The number of halogens is 1. The Morgan fingerprint density at radius 1 is 1.04 bits per heavy atom. The van der Waals surface area contributed by atoms with Gasteiger partial charge in [0.2, 0.25) is 5.91 Å². The predicted molar refractivity (Wildman–Crippen MR) is 106 cm³/mol. The lowest BCUT2D eigenvalue weighted by Gasteiger charge is -2.38. The van der Waals surface area contributed by atoms with Crippen LogP contribution in [0.2, 0.25) is 5.02 Å². The molecule has 0 saturated carbocycles. The molecule has 2 N–H and O–H groups in total. The topological polar surface area (TPSA) is 49.6 Å². The lowest BCUT2D eigenvalue weighted by atomic mass is 10.0. The predicted octanol–water partition coefficient (Wildman–Crippen LogP) is 3.64. The molecule has 1 aliphatic heterocycles. The minimum absolute atomic E-state index is 0.131. The van der Waals surface area contributed by atoms with E-state index in [1.807, 2.05) is 53.4 Å². The number of rotatable bonds is 5. The van der Waals surface area contributed by atoms with E-state index in [1.54, 1.807) is 0 Å². The zero-order valence-electron chi connectivity index (χ0n) is 15.1. The van der Waals surface area contributed by atoms with Crippen LogP contribution in [0.3, 0.4) is 0 Å². The second-order valence-electron chi connectivity index (χ2n) is 6.84. The van der Waals surface area contributed by atoms with Crippen LogP contribution in [0.1, 0.15) is 36.6 Å². The maximum Gasteiger partial charge on any atom is 0.224 e. The molecular weight excluding hydrogens is 346 g/mol. The van der Waals surface area contributed by atoms with Gasteiger partial charge in [-0.3, -0.25) is 9.69 Å². The average Bonchev–Trinajstić information content (AvgIpc) is 2.68. The second-order valence-corrected chi connectivity index (χ2v) is 7.24. The van der Waals surface area contributed by atoms with E-state index < -0.39 is 0 Å². The molecule has 0 bridgehead atoms. The molecule has 2 aromatic rings. The SMILES string of the molecule is CC(c1ccccc1Cl)N1CCN(C(=O)CC(N)c2ccccc2)CC1. The maximum atomic E-state index is 12.6. The van der Waals surface area contributed by atoms with Crippen molar-refractivity contribution in [3.63, 3.8) is 0 Å². The monoisotopic (exact) mass is 371 g/mol. The summed E-state index contributed by atoms with van der Waals surface area (Å²) in [5.74, 6) is 0.131. The standard InChI is InChI=1S/C21H26ClN3O/c1-16(18-9-5-6-10-19(18)22)24-11-13-25(14-12-24)21(26)15-20(23)17-7-3-2-4-8-17/h2-10,16,20H,11-15,23H2,1H3. The molecule has 2 aromatic carbocycles. The van der Waals surface area contributed by atoms with Gasteiger partial charge in [0.05, 0.1) is 0 Å². The number of benzene rings is 2. The van der Waals surface area contributed by atoms with E-state index in [-0.39, 0.29) is 18.0 Å². The van der Waals surface area contributed by atoms with Crippen molar-refractivity contribution in [3.8, 4) is 0 Å². The Kier molecular flexibility index (Phi) is 6.30. The summed E-state index contributed by atoms with van der Waals surface area (Å²) < 4.78 is 0. The largest absolute Gasteiger partial charge is 0.340 e. The Bertz CT molecular complexity index is 729. The summed E-state index contributed by atoms with van der Waals surface area (Å²) in [6.45, 7) is 5.33. The Balaban J connectivity index is 1.53. The molecule has 5 heteroatoms. The van der Waals surface area contributed by atoms with E-state index >= 15 is 0 Å². The van der Waals surface area contributed by atoms with Crippen molar-refractivity contribution in [2.75, 3.05) is 26.2 Å². The lowest BCUT2D eigenvalue weighted by Crippen LogP contribution is -2.49. The normalized spacial score (nSPS) is 17.7. The van der Waals surface area contributed by atoms with E-state index in [0.29, 0.717) is 6.42 Å². The zero-order chi connectivity index (χ0) is 18.5. The average molecular weight is 372 g/mol. The summed E-state index contributed by atoms with van der Waals surface area (Å²) in [6, 6.07) is 17.8. The molecule has 4 nitrogen and oxygen atoms in total. The molecule has 138 valence electrons. The van der Waals surface area contributed by atoms with Crippen molar-refractivity contribution in [1.29, 1.82) is 0 Å². The zero-order valence-corrected chi connectivity index (χ0v) is 15.9. The van der Waals surface area contributed by atoms with E-state index in [1.165, 1.54) is 0 Å². The van der Waals surface area contributed by atoms with Crippen LogP contribution in [0.4, 0.5) is 0 Å².